The number of nitrogens with zero attached hydrogens (tertiary/aromatic N) is 2. The molecule has 2 aliphatic rings. The molecule has 1 unspecified atom stereocenters. The molecule has 0 spiro atoms. The molecule has 0 aromatic heterocycles. The van der Waals surface area contributed by atoms with E-state index in [0.717, 1.165) is 36.4 Å². The van der Waals surface area contributed by atoms with Gasteiger partial charge in [-0.15, -0.1) is 0 Å². The van der Waals surface area contributed by atoms with Crippen LogP contribution in [-0.4, -0.2) is 79.2 Å². The third kappa shape index (κ3) is 6.09. The molecule has 8 nitrogen and oxygen atoms in total. The van der Waals surface area contributed by atoms with Crippen LogP contribution in [0.1, 0.15) is 36.1 Å². The van der Waals surface area contributed by atoms with Crippen LogP contribution in [0.4, 0.5) is 0 Å². The molecule has 2 saturated heterocycles. The molecule has 2 aromatic rings. The summed E-state index contributed by atoms with van der Waals surface area (Å²) >= 11 is 0. The first-order chi connectivity index (χ1) is 18.4. The maximum absolute atomic E-state index is 13.4. The molecule has 8 heteroatoms. The minimum absolute atomic E-state index is 0.0818. The molecule has 4 rings (SSSR count). The lowest BCUT2D eigenvalue weighted by molar-refractivity contribution is -0.140. The van der Waals surface area contributed by atoms with Crippen LogP contribution in [0.3, 0.4) is 0 Å². The lowest BCUT2D eigenvalue weighted by Gasteiger charge is -2.31. The quantitative estimate of drug-likeness (QED) is 0.207. The highest BCUT2D eigenvalue weighted by Crippen LogP contribution is 2.40. The number of carbonyl (C=O) groups is 2. The molecule has 2 heterocycles. The van der Waals surface area contributed by atoms with Crippen molar-refractivity contribution in [2.45, 2.75) is 26.3 Å². The summed E-state index contributed by atoms with van der Waals surface area (Å²) in [5.74, 6) is -0.126. The van der Waals surface area contributed by atoms with Gasteiger partial charge in [-0.1, -0.05) is 31.7 Å². The Hall–Kier alpha value is -3.62. The maximum Gasteiger partial charge on any atom is 0.295 e. The summed E-state index contributed by atoms with van der Waals surface area (Å²) in [6, 6.07) is 11.8. The fourth-order valence-electron chi connectivity index (χ4n) is 4.76. The van der Waals surface area contributed by atoms with Crippen molar-refractivity contribution in [2.75, 3.05) is 52.6 Å². The number of ether oxygens (including phenoxy) is 3. The number of hydrogen-bond acceptors (Lipinski definition) is 7. The number of rotatable bonds is 11. The van der Waals surface area contributed by atoms with Gasteiger partial charge in [-0.25, -0.2) is 0 Å². The van der Waals surface area contributed by atoms with Gasteiger partial charge >= 0.3 is 0 Å². The van der Waals surface area contributed by atoms with E-state index < -0.39 is 17.7 Å². The molecule has 2 aromatic carbocycles. The Morgan fingerprint density at radius 3 is 2.50 bits per heavy atom. The standard InChI is InChI=1S/C30H36N2O6/c1-4-16-37-24-9-6-22(7-10-24)27-26(28(33)23-8-11-25(21(3)20-23)38-17-5-2)29(34)30(35)32(27)13-12-31-14-18-36-19-15-31/h4,6-11,20,27,33H,1,5,12-19H2,2-3H3. The number of carbonyl (C=O) groups excluding carboxylic acids is 2. The van der Waals surface area contributed by atoms with Gasteiger partial charge in [-0.05, 0) is 54.8 Å². The normalized spacial score (nSPS) is 19.5. The zero-order chi connectivity index (χ0) is 27.1. The molecule has 2 aliphatic heterocycles. The van der Waals surface area contributed by atoms with E-state index in [1.807, 2.05) is 26.0 Å². The number of amides is 1. The van der Waals surface area contributed by atoms with Crippen molar-refractivity contribution in [2.24, 2.45) is 0 Å². The van der Waals surface area contributed by atoms with E-state index in [4.69, 9.17) is 14.2 Å². The molecule has 1 N–H and O–H groups in total. The predicted molar refractivity (Wildman–Crippen MR) is 145 cm³/mol. The first kappa shape index (κ1) is 27.4. The van der Waals surface area contributed by atoms with Crippen molar-refractivity contribution in [3.63, 3.8) is 0 Å². The second-order valence-corrected chi connectivity index (χ2v) is 9.44. The van der Waals surface area contributed by atoms with Crippen LogP contribution < -0.4 is 9.47 Å². The summed E-state index contributed by atoms with van der Waals surface area (Å²) in [6.07, 6.45) is 2.54. The minimum Gasteiger partial charge on any atom is -0.507 e. The second kappa shape index (κ2) is 12.8. The monoisotopic (exact) mass is 520 g/mol. The number of morpholine rings is 1. The van der Waals surface area contributed by atoms with E-state index in [9.17, 15) is 14.7 Å². The van der Waals surface area contributed by atoms with Crippen molar-refractivity contribution in [3.8, 4) is 11.5 Å². The first-order valence-electron chi connectivity index (χ1n) is 13.1. The van der Waals surface area contributed by atoms with Crippen LogP contribution in [0.2, 0.25) is 0 Å². The highest BCUT2D eigenvalue weighted by atomic mass is 16.5. The van der Waals surface area contributed by atoms with Crippen LogP contribution in [0, 0.1) is 6.92 Å². The fourth-order valence-corrected chi connectivity index (χ4v) is 4.76. The summed E-state index contributed by atoms with van der Waals surface area (Å²) in [7, 11) is 0. The maximum atomic E-state index is 13.4. The van der Waals surface area contributed by atoms with Gasteiger partial charge in [0.25, 0.3) is 11.7 Å². The van der Waals surface area contributed by atoms with Crippen LogP contribution in [0.25, 0.3) is 5.76 Å². The first-order valence-corrected chi connectivity index (χ1v) is 13.1. The molecule has 0 saturated carbocycles. The van der Waals surface area contributed by atoms with Crippen LogP contribution >= 0.6 is 0 Å². The molecule has 2 fully saturated rings. The van der Waals surface area contributed by atoms with Gasteiger partial charge in [-0.3, -0.25) is 14.5 Å². The Bertz CT molecular complexity index is 1180. The molecule has 202 valence electrons. The summed E-state index contributed by atoms with van der Waals surface area (Å²) in [5.41, 5.74) is 2.11. The fraction of sp³-hybridized carbons (Fsp3) is 0.400. The van der Waals surface area contributed by atoms with Crippen molar-refractivity contribution in [1.29, 1.82) is 0 Å². The Kier molecular flexibility index (Phi) is 9.20. The molecular formula is C30H36N2O6. The average molecular weight is 521 g/mol. The Morgan fingerprint density at radius 1 is 1.11 bits per heavy atom. The number of likely N-dealkylation sites (tertiary alicyclic amines) is 1. The van der Waals surface area contributed by atoms with Gasteiger partial charge < -0.3 is 24.2 Å². The van der Waals surface area contributed by atoms with Gasteiger partial charge in [0.05, 0.1) is 31.4 Å². The summed E-state index contributed by atoms with van der Waals surface area (Å²) < 4.78 is 16.8. The molecule has 0 bridgehead atoms. The zero-order valence-electron chi connectivity index (χ0n) is 22.2. The molecule has 0 radical (unpaired) electrons. The van der Waals surface area contributed by atoms with Crippen molar-refractivity contribution < 1.29 is 28.9 Å². The lowest BCUT2D eigenvalue weighted by Crippen LogP contribution is -2.42. The van der Waals surface area contributed by atoms with Crippen LogP contribution in [0.15, 0.2) is 60.7 Å². The SMILES string of the molecule is C=CCOc1ccc(C2C(=C(O)c3ccc(OCCC)c(C)c3)C(=O)C(=O)N2CCN2CCOCC2)cc1. The zero-order valence-corrected chi connectivity index (χ0v) is 22.2. The highest BCUT2D eigenvalue weighted by Gasteiger charge is 2.46. The van der Waals surface area contributed by atoms with E-state index in [2.05, 4.69) is 11.5 Å². The molecular weight excluding hydrogens is 484 g/mol. The number of Topliss-reactive ketones (excluding diaryl/α,β-unsaturated/α-hetero) is 1. The van der Waals surface area contributed by atoms with Crippen LogP contribution in [0.5, 0.6) is 11.5 Å². The second-order valence-electron chi connectivity index (χ2n) is 9.44. The summed E-state index contributed by atoms with van der Waals surface area (Å²) in [4.78, 5) is 30.4. The van der Waals surface area contributed by atoms with Gasteiger partial charge in [0.15, 0.2) is 0 Å². The Morgan fingerprint density at radius 2 is 1.84 bits per heavy atom. The van der Waals surface area contributed by atoms with Gasteiger partial charge in [0.2, 0.25) is 0 Å². The van der Waals surface area contributed by atoms with Crippen molar-refractivity contribution in [1.82, 2.24) is 9.80 Å². The van der Waals surface area contributed by atoms with Gasteiger partial charge in [-0.2, -0.15) is 0 Å². The topological polar surface area (TPSA) is 88.5 Å². The van der Waals surface area contributed by atoms with E-state index in [1.54, 1.807) is 41.3 Å². The van der Waals surface area contributed by atoms with E-state index in [1.165, 1.54) is 0 Å². The van der Waals surface area contributed by atoms with Crippen molar-refractivity contribution in [3.05, 3.63) is 77.4 Å². The third-order valence-electron chi connectivity index (χ3n) is 6.77. The van der Waals surface area contributed by atoms with Crippen LogP contribution in [-0.2, 0) is 14.3 Å². The molecule has 1 atom stereocenters. The van der Waals surface area contributed by atoms with Gasteiger partial charge in [0, 0.05) is 31.7 Å². The minimum atomic E-state index is -0.721. The van der Waals surface area contributed by atoms with E-state index in [-0.39, 0.29) is 11.3 Å². The Balaban J connectivity index is 1.70. The van der Waals surface area contributed by atoms with Crippen molar-refractivity contribution >= 4 is 17.4 Å². The molecule has 0 aliphatic carbocycles. The predicted octanol–water partition coefficient (Wildman–Crippen LogP) is 4.10. The number of aliphatic hydroxyl groups is 1. The molecule has 1 amide bonds. The Labute approximate surface area is 224 Å². The number of aliphatic hydroxyl groups excluding tert-OH is 1. The molecule has 38 heavy (non-hydrogen) atoms. The highest BCUT2D eigenvalue weighted by molar-refractivity contribution is 6.46. The average Bonchev–Trinajstić information content (AvgIpc) is 3.19. The largest absolute Gasteiger partial charge is 0.507 e. The summed E-state index contributed by atoms with van der Waals surface area (Å²) in [5, 5.41) is 11.4. The third-order valence-corrected chi connectivity index (χ3v) is 6.77. The van der Waals surface area contributed by atoms with E-state index in [0.29, 0.717) is 50.8 Å². The van der Waals surface area contributed by atoms with E-state index >= 15 is 0 Å². The summed E-state index contributed by atoms with van der Waals surface area (Å²) in [6.45, 7) is 12.3. The number of benzene rings is 2. The number of ketones is 1. The smallest absolute Gasteiger partial charge is 0.295 e. The number of hydrogen-bond donors (Lipinski definition) is 1. The number of aryl methyl sites for hydroxylation is 1. The lowest BCUT2D eigenvalue weighted by atomic mass is 9.94. The van der Waals surface area contributed by atoms with Gasteiger partial charge in [0.1, 0.15) is 23.9 Å².